The van der Waals surface area contributed by atoms with Gasteiger partial charge in [-0.15, -0.1) is 6.42 Å². The molecule has 3 aromatic heterocycles. The van der Waals surface area contributed by atoms with Crippen molar-refractivity contribution in [2.75, 3.05) is 110 Å². The van der Waals surface area contributed by atoms with Crippen LogP contribution in [0.25, 0.3) is 10.9 Å². The maximum Gasteiger partial charge on any atom is 0.409 e. The van der Waals surface area contributed by atoms with Crippen LogP contribution in [-0.2, 0) is 52.9 Å². The lowest BCUT2D eigenvalue weighted by Crippen LogP contribution is -2.48. The zero-order valence-corrected chi connectivity index (χ0v) is 42.9. The van der Waals surface area contributed by atoms with E-state index in [1.54, 1.807) is 37.4 Å². The Bertz CT molecular complexity index is 2680. The van der Waals surface area contributed by atoms with Crippen LogP contribution in [0, 0.1) is 32.0 Å². The van der Waals surface area contributed by atoms with Gasteiger partial charge in [-0.3, -0.25) is 24.5 Å². The lowest BCUT2D eigenvalue weighted by atomic mass is 10.0. The zero-order chi connectivity index (χ0) is 52.1. The largest absolute Gasteiger partial charge is 0.489 e. The van der Waals surface area contributed by atoms with Gasteiger partial charge in [0.15, 0.2) is 17.0 Å². The number of piperidine rings is 1. The molecule has 1 saturated heterocycles. The third kappa shape index (κ3) is 17.3. The van der Waals surface area contributed by atoms with E-state index in [2.05, 4.69) is 47.7 Å². The number of aryl methyl sites for hydroxylation is 2. The standard InChI is InChI=1S/C56H70FN7O10/c1-5-21-68-24-26-70-28-30-72-31-29-71-27-25-69-22-17-54(65)60-46-11-9-43(10-12-46)40-74-56(67)61(4)20-23-73-53-34-52-50(33-51(53)57)55(66)45(38-64(52)47-14-15-47)37-63(36-44-16-18-58-42(3)32-44)49-7-6-19-62(39-49)48-13-8-41(2)59-35-48/h1,8-13,16,18,32-35,38,47,49H,6-7,14-15,17,19-31,36-37,39-40H2,2-4H3,(H,60,65)/t49-/m0/s1. The molecule has 2 fully saturated rings. The van der Waals surface area contributed by atoms with E-state index in [1.165, 1.54) is 11.0 Å². The van der Waals surface area contributed by atoms with Crippen molar-refractivity contribution in [2.45, 2.75) is 77.7 Å². The van der Waals surface area contributed by atoms with Crippen LogP contribution in [-0.4, -0.2) is 142 Å². The summed E-state index contributed by atoms with van der Waals surface area (Å²) in [4.78, 5) is 54.8. The first kappa shape index (κ1) is 55.3. The van der Waals surface area contributed by atoms with Crippen molar-refractivity contribution in [3.63, 3.8) is 0 Å². The van der Waals surface area contributed by atoms with Crippen LogP contribution in [0.1, 0.15) is 66.2 Å². The van der Waals surface area contributed by atoms with Gasteiger partial charge in [0.1, 0.15) is 19.8 Å². The molecular formula is C56H70FN7O10. The lowest BCUT2D eigenvalue weighted by Gasteiger charge is -2.40. The zero-order valence-electron chi connectivity index (χ0n) is 42.9. The highest BCUT2D eigenvalue weighted by atomic mass is 19.1. The number of anilines is 2. The topological polar surface area (TPSA) is 168 Å². The van der Waals surface area contributed by atoms with E-state index in [9.17, 15) is 14.4 Å². The molecule has 2 amide bonds. The predicted octanol–water partition coefficient (Wildman–Crippen LogP) is 7.25. The van der Waals surface area contributed by atoms with E-state index >= 15 is 4.39 Å². The molecule has 396 valence electrons. The molecule has 17 nitrogen and oxygen atoms in total. The monoisotopic (exact) mass is 1020 g/mol. The first-order valence-electron chi connectivity index (χ1n) is 25.5. The fourth-order valence-electron chi connectivity index (χ4n) is 8.61. The van der Waals surface area contributed by atoms with Crippen LogP contribution < -0.4 is 20.4 Å². The number of amides is 2. The molecule has 1 aliphatic carbocycles. The summed E-state index contributed by atoms with van der Waals surface area (Å²) in [5.41, 5.74) is 6.46. The van der Waals surface area contributed by atoms with Gasteiger partial charge in [0.05, 0.1) is 89.8 Å². The summed E-state index contributed by atoms with van der Waals surface area (Å²) in [7, 11) is 1.58. The van der Waals surface area contributed by atoms with E-state index in [4.69, 9.17) is 39.6 Å². The van der Waals surface area contributed by atoms with E-state index in [-0.39, 0.29) is 68.6 Å². The average molecular weight is 1020 g/mol. The van der Waals surface area contributed by atoms with E-state index in [1.807, 2.05) is 44.6 Å². The van der Waals surface area contributed by atoms with Crippen molar-refractivity contribution in [1.82, 2.24) is 24.3 Å². The van der Waals surface area contributed by atoms with Gasteiger partial charge < -0.3 is 52.8 Å². The maximum atomic E-state index is 15.9. The number of carbonyl (C=O) groups excluding carboxylic acids is 2. The number of hydrogen-bond donors (Lipinski definition) is 1. The van der Waals surface area contributed by atoms with Gasteiger partial charge in [-0.1, -0.05) is 18.1 Å². The minimum Gasteiger partial charge on any atom is -0.489 e. The van der Waals surface area contributed by atoms with Gasteiger partial charge in [0.25, 0.3) is 0 Å². The van der Waals surface area contributed by atoms with Gasteiger partial charge in [-0.2, -0.15) is 0 Å². The van der Waals surface area contributed by atoms with Crippen LogP contribution in [0.3, 0.4) is 0 Å². The summed E-state index contributed by atoms with van der Waals surface area (Å²) >= 11 is 0. The van der Waals surface area contributed by atoms with Crippen LogP contribution in [0.15, 0.2) is 84.0 Å². The molecule has 4 heterocycles. The smallest absolute Gasteiger partial charge is 0.409 e. The summed E-state index contributed by atoms with van der Waals surface area (Å²) in [6.07, 6.45) is 14.3. The van der Waals surface area contributed by atoms with Crippen LogP contribution in [0.5, 0.6) is 5.75 Å². The second-order valence-electron chi connectivity index (χ2n) is 18.6. The molecule has 2 aliphatic rings. The SMILES string of the molecule is C#CCOCCOCCOCCOCCOCCC(=O)Nc1ccc(COC(=O)N(C)CCOc2cc3c(cc2F)c(=O)c(CN(Cc2ccnc(C)c2)[C@H]2CCCN(c4ccc(C)nc4)C2)cn3C2CC2)cc1. The number of rotatable bonds is 30. The van der Waals surface area contributed by atoms with E-state index in [0.29, 0.717) is 88.1 Å². The predicted molar refractivity (Wildman–Crippen MR) is 280 cm³/mol. The molecule has 0 unspecified atom stereocenters. The highest BCUT2D eigenvalue weighted by Gasteiger charge is 2.30. The Morgan fingerprint density at radius 1 is 0.824 bits per heavy atom. The molecule has 2 aromatic carbocycles. The van der Waals surface area contributed by atoms with E-state index in [0.717, 1.165) is 67.0 Å². The number of ether oxygens (including phenoxy) is 7. The Kier molecular flexibility index (Phi) is 21.6. The quantitative estimate of drug-likeness (QED) is 0.0361. The van der Waals surface area contributed by atoms with Crippen LogP contribution in [0.2, 0.25) is 0 Å². The number of pyridine rings is 3. The van der Waals surface area contributed by atoms with Crippen LogP contribution >= 0.6 is 0 Å². The second-order valence-corrected chi connectivity index (χ2v) is 18.6. The molecule has 1 atom stereocenters. The lowest BCUT2D eigenvalue weighted by molar-refractivity contribution is -0.117. The number of terminal acetylenes is 1. The van der Waals surface area contributed by atoms with Crippen molar-refractivity contribution < 1.29 is 47.1 Å². The van der Waals surface area contributed by atoms with Crippen molar-refractivity contribution in [2.24, 2.45) is 0 Å². The molecule has 7 rings (SSSR count). The highest BCUT2D eigenvalue weighted by Crippen LogP contribution is 2.38. The molecule has 74 heavy (non-hydrogen) atoms. The Labute approximate surface area is 433 Å². The molecular weight excluding hydrogens is 950 g/mol. The first-order chi connectivity index (χ1) is 36.0. The summed E-state index contributed by atoms with van der Waals surface area (Å²) in [6.45, 7) is 10.8. The van der Waals surface area contributed by atoms with Crippen molar-refractivity contribution in [3.05, 3.63) is 123 Å². The number of benzene rings is 2. The summed E-state index contributed by atoms with van der Waals surface area (Å²) in [6, 6.07) is 18.5. The Balaban J connectivity index is 0.842. The molecule has 0 bridgehead atoms. The van der Waals surface area contributed by atoms with Gasteiger partial charge >= 0.3 is 6.09 Å². The minimum absolute atomic E-state index is 0.00412. The first-order valence-corrected chi connectivity index (χ1v) is 25.5. The number of halogens is 1. The number of fused-ring (bicyclic) bond motifs is 1. The Morgan fingerprint density at radius 2 is 1.54 bits per heavy atom. The summed E-state index contributed by atoms with van der Waals surface area (Å²) < 4.78 is 56.4. The van der Waals surface area contributed by atoms with E-state index < -0.39 is 11.9 Å². The van der Waals surface area contributed by atoms with Gasteiger partial charge in [0.2, 0.25) is 5.91 Å². The van der Waals surface area contributed by atoms with Crippen LogP contribution in [0.4, 0.5) is 20.6 Å². The normalized spacial score (nSPS) is 14.5. The van der Waals surface area contributed by atoms with Crippen molar-refractivity contribution >= 4 is 34.3 Å². The third-order valence-electron chi connectivity index (χ3n) is 12.7. The number of hydrogen-bond acceptors (Lipinski definition) is 14. The number of carbonyl (C=O) groups is 2. The molecule has 0 radical (unpaired) electrons. The number of nitrogens with one attached hydrogen (secondary N) is 1. The fraction of sp³-hybridized carbons (Fsp3) is 0.482. The molecule has 1 N–H and O–H groups in total. The summed E-state index contributed by atoms with van der Waals surface area (Å²) in [5, 5.41) is 3.15. The second kappa shape index (κ2) is 28.8. The molecule has 1 aliphatic heterocycles. The molecule has 1 saturated carbocycles. The molecule has 18 heteroatoms. The van der Waals surface area contributed by atoms with Crippen molar-refractivity contribution in [3.8, 4) is 18.1 Å². The van der Waals surface area contributed by atoms with Crippen molar-refractivity contribution in [1.29, 1.82) is 0 Å². The highest BCUT2D eigenvalue weighted by molar-refractivity contribution is 5.90. The number of nitrogens with zero attached hydrogens (tertiary/aromatic N) is 6. The minimum atomic E-state index is -0.649. The third-order valence-corrected chi connectivity index (χ3v) is 12.7. The van der Waals surface area contributed by atoms with Gasteiger partial charge in [-0.05, 0) is 93.1 Å². The number of aromatic nitrogens is 3. The fourth-order valence-corrected chi connectivity index (χ4v) is 8.61. The average Bonchev–Trinajstić information content (AvgIpc) is 4.25. The molecule has 0 spiro atoms. The van der Waals surface area contributed by atoms with Gasteiger partial charge in [-0.25, -0.2) is 9.18 Å². The number of likely N-dealkylation sites (N-methyl/N-ethyl adjacent to an activating group) is 1. The Hall–Kier alpha value is -6.46. The maximum absolute atomic E-state index is 15.9. The Morgan fingerprint density at radius 3 is 2.22 bits per heavy atom. The van der Waals surface area contributed by atoms with Gasteiger partial charge in [0, 0.05) is 91.8 Å². The molecule has 5 aromatic rings. The summed E-state index contributed by atoms with van der Waals surface area (Å²) in [5.74, 6) is 1.55.